The summed E-state index contributed by atoms with van der Waals surface area (Å²) < 4.78 is 43.2. The summed E-state index contributed by atoms with van der Waals surface area (Å²) in [6, 6.07) is 25.5. The first-order valence-corrected chi connectivity index (χ1v) is 13.1. The van der Waals surface area contributed by atoms with Gasteiger partial charge in [-0.3, -0.25) is 14.2 Å². The first-order chi connectivity index (χ1) is 19.3. The zero-order valence-corrected chi connectivity index (χ0v) is 21.3. The maximum Gasteiger partial charge on any atom is 0.573 e. The van der Waals surface area contributed by atoms with Crippen LogP contribution in [0.25, 0.3) is 38.4 Å². The highest BCUT2D eigenvalue weighted by Crippen LogP contribution is 2.29. The van der Waals surface area contributed by atoms with E-state index in [1.165, 1.54) is 16.7 Å². The maximum atomic E-state index is 13.7. The number of H-pyrrole nitrogens is 1. The van der Waals surface area contributed by atoms with E-state index in [4.69, 9.17) is 4.98 Å². The van der Waals surface area contributed by atoms with E-state index in [0.29, 0.717) is 16.7 Å². The molecule has 40 heavy (non-hydrogen) atoms. The number of para-hydroxylation sites is 1. The fraction of sp³-hybridized carbons (Fsp3) is 0.0690. The number of hydrogen-bond donors (Lipinski definition) is 2. The molecule has 0 saturated carbocycles. The fourth-order valence-corrected chi connectivity index (χ4v) is 5.32. The number of fused-ring (bicyclic) bond motifs is 4. The van der Waals surface area contributed by atoms with Gasteiger partial charge in [0.05, 0.1) is 11.4 Å². The number of nitrogens with one attached hydrogen (secondary N) is 2. The normalized spacial score (nSPS) is 11.8. The minimum atomic E-state index is -4.85. The highest BCUT2D eigenvalue weighted by molar-refractivity contribution is 7.99. The minimum absolute atomic E-state index is 0.0706. The zero-order chi connectivity index (χ0) is 27.9. The lowest BCUT2D eigenvalue weighted by molar-refractivity contribution is -0.274. The van der Waals surface area contributed by atoms with E-state index in [0.717, 1.165) is 40.1 Å². The van der Waals surface area contributed by atoms with Gasteiger partial charge in [-0.05, 0) is 41.8 Å². The molecule has 200 valence electrons. The molecule has 0 radical (unpaired) electrons. The van der Waals surface area contributed by atoms with Crippen molar-refractivity contribution in [3.05, 3.63) is 101 Å². The van der Waals surface area contributed by atoms with E-state index in [1.54, 1.807) is 0 Å². The van der Waals surface area contributed by atoms with Crippen molar-refractivity contribution in [3.8, 4) is 11.4 Å². The molecule has 2 N–H and O–H groups in total. The first kappa shape index (κ1) is 25.5. The number of aromatic amines is 1. The van der Waals surface area contributed by atoms with Crippen molar-refractivity contribution >= 4 is 56.1 Å². The number of nitrogens with zero attached hydrogens (tertiary/aromatic N) is 2. The Hall–Kier alpha value is -4.77. The molecule has 0 saturated heterocycles. The van der Waals surface area contributed by atoms with Crippen LogP contribution in [0, 0.1) is 0 Å². The van der Waals surface area contributed by atoms with Gasteiger partial charge in [-0.25, -0.2) is 4.98 Å². The summed E-state index contributed by atoms with van der Waals surface area (Å²) in [6.45, 7) is 0. The lowest BCUT2D eigenvalue weighted by Gasteiger charge is -2.14. The van der Waals surface area contributed by atoms with Gasteiger partial charge in [-0.15, -0.1) is 13.2 Å². The number of ether oxygens (including phenoxy) is 1. The van der Waals surface area contributed by atoms with Gasteiger partial charge < -0.3 is 15.0 Å². The molecular weight excluding hydrogens is 541 g/mol. The van der Waals surface area contributed by atoms with Crippen LogP contribution >= 0.6 is 11.8 Å². The number of thioether (sulfide) groups is 1. The predicted molar refractivity (Wildman–Crippen MR) is 149 cm³/mol. The Balaban J connectivity index is 1.37. The van der Waals surface area contributed by atoms with Gasteiger partial charge in [0, 0.05) is 22.0 Å². The third kappa shape index (κ3) is 4.98. The van der Waals surface area contributed by atoms with Gasteiger partial charge in [0.2, 0.25) is 5.91 Å². The van der Waals surface area contributed by atoms with Gasteiger partial charge in [0.1, 0.15) is 16.8 Å². The van der Waals surface area contributed by atoms with Crippen molar-refractivity contribution in [2.75, 3.05) is 11.1 Å². The van der Waals surface area contributed by atoms with Crippen LogP contribution in [0.15, 0.2) is 101 Å². The summed E-state index contributed by atoms with van der Waals surface area (Å²) in [5, 5.41) is 5.72. The molecule has 2 heterocycles. The summed E-state index contributed by atoms with van der Waals surface area (Å²) in [6.07, 6.45) is -4.85. The predicted octanol–water partition coefficient (Wildman–Crippen LogP) is 6.65. The van der Waals surface area contributed by atoms with Crippen molar-refractivity contribution in [1.29, 1.82) is 0 Å². The van der Waals surface area contributed by atoms with Gasteiger partial charge in [-0.1, -0.05) is 66.4 Å². The molecule has 1 amide bonds. The van der Waals surface area contributed by atoms with Crippen LogP contribution in [-0.2, 0) is 4.79 Å². The van der Waals surface area contributed by atoms with Crippen molar-refractivity contribution in [3.63, 3.8) is 0 Å². The molecule has 0 fully saturated rings. The van der Waals surface area contributed by atoms with E-state index in [1.807, 2.05) is 66.7 Å². The Morgan fingerprint density at radius 1 is 0.925 bits per heavy atom. The number of benzene rings is 4. The van der Waals surface area contributed by atoms with E-state index in [2.05, 4.69) is 15.0 Å². The summed E-state index contributed by atoms with van der Waals surface area (Å²) in [4.78, 5) is 34.5. The molecule has 0 unspecified atom stereocenters. The van der Waals surface area contributed by atoms with Gasteiger partial charge in [0.25, 0.3) is 5.56 Å². The molecule has 0 aliphatic rings. The Morgan fingerprint density at radius 2 is 1.62 bits per heavy atom. The van der Waals surface area contributed by atoms with Crippen molar-refractivity contribution in [2.45, 2.75) is 11.5 Å². The average molecular weight is 561 g/mol. The number of amides is 1. The molecule has 0 aliphatic carbocycles. The summed E-state index contributed by atoms with van der Waals surface area (Å²) >= 11 is 1.04. The lowest BCUT2D eigenvalue weighted by Crippen LogP contribution is -2.23. The van der Waals surface area contributed by atoms with Crippen LogP contribution < -0.4 is 15.6 Å². The number of halogens is 3. The van der Waals surface area contributed by atoms with Gasteiger partial charge >= 0.3 is 6.36 Å². The highest BCUT2D eigenvalue weighted by atomic mass is 32.2. The molecule has 4 aromatic carbocycles. The number of hydrogen-bond acceptors (Lipinski definition) is 5. The van der Waals surface area contributed by atoms with Gasteiger partial charge in [0.15, 0.2) is 5.16 Å². The van der Waals surface area contributed by atoms with Crippen molar-refractivity contribution in [1.82, 2.24) is 14.5 Å². The molecule has 2 aromatic heterocycles. The first-order valence-electron chi connectivity index (χ1n) is 12.1. The monoisotopic (exact) mass is 560 g/mol. The Bertz CT molecular complexity index is 1940. The maximum absolute atomic E-state index is 13.7. The Kier molecular flexibility index (Phi) is 6.43. The molecule has 6 aromatic rings. The van der Waals surface area contributed by atoms with Crippen LogP contribution in [-0.4, -0.2) is 32.6 Å². The summed E-state index contributed by atoms with van der Waals surface area (Å²) in [5.41, 5.74) is 1.85. The molecule has 11 heteroatoms. The molecule has 0 atom stereocenters. The SMILES string of the molecule is O=C(CSc1nc2c([nH]c3ccccc32)c(=O)n1-c1ccc(OC(F)(F)F)cc1)Nc1cccc2ccccc12. The number of carbonyl (C=O) groups excluding carboxylic acids is 1. The number of aromatic nitrogens is 3. The molecule has 6 rings (SSSR count). The smallest absolute Gasteiger partial charge is 0.406 e. The quantitative estimate of drug-likeness (QED) is 0.176. The molecule has 7 nitrogen and oxygen atoms in total. The molecule has 0 spiro atoms. The third-order valence-electron chi connectivity index (χ3n) is 6.22. The Labute approximate surface area is 228 Å². The zero-order valence-electron chi connectivity index (χ0n) is 20.5. The molecular formula is C29H19F3N4O3S. The highest BCUT2D eigenvalue weighted by Gasteiger charge is 2.31. The summed E-state index contributed by atoms with van der Waals surface area (Å²) in [5.74, 6) is -0.804. The number of rotatable bonds is 6. The topological polar surface area (TPSA) is 89.0 Å². The van der Waals surface area contributed by atoms with Crippen LogP contribution in [0.1, 0.15) is 0 Å². The second-order valence-electron chi connectivity index (χ2n) is 8.83. The van der Waals surface area contributed by atoms with E-state index in [-0.39, 0.29) is 28.0 Å². The third-order valence-corrected chi connectivity index (χ3v) is 7.16. The second-order valence-corrected chi connectivity index (χ2v) is 9.78. The largest absolute Gasteiger partial charge is 0.573 e. The number of carbonyl (C=O) groups is 1. The van der Waals surface area contributed by atoms with Crippen LogP contribution in [0.3, 0.4) is 0 Å². The fourth-order valence-electron chi connectivity index (χ4n) is 4.51. The second kappa shape index (κ2) is 10.1. The minimum Gasteiger partial charge on any atom is -0.406 e. The number of anilines is 1. The van der Waals surface area contributed by atoms with Crippen LogP contribution in [0.5, 0.6) is 5.75 Å². The van der Waals surface area contributed by atoms with Crippen molar-refractivity contribution in [2.24, 2.45) is 0 Å². The number of alkyl halides is 3. The van der Waals surface area contributed by atoms with Crippen molar-refractivity contribution < 1.29 is 22.7 Å². The summed E-state index contributed by atoms with van der Waals surface area (Å²) in [7, 11) is 0. The average Bonchev–Trinajstić information content (AvgIpc) is 3.31. The van der Waals surface area contributed by atoms with Crippen LogP contribution in [0.4, 0.5) is 18.9 Å². The van der Waals surface area contributed by atoms with E-state index in [9.17, 15) is 22.8 Å². The van der Waals surface area contributed by atoms with Gasteiger partial charge in [-0.2, -0.15) is 0 Å². The lowest BCUT2D eigenvalue weighted by atomic mass is 10.1. The van der Waals surface area contributed by atoms with Crippen LogP contribution in [0.2, 0.25) is 0 Å². The Morgan fingerprint density at radius 3 is 2.40 bits per heavy atom. The molecule has 0 bridgehead atoms. The van der Waals surface area contributed by atoms with E-state index < -0.39 is 17.7 Å². The van der Waals surface area contributed by atoms with E-state index >= 15 is 0 Å². The molecule has 0 aliphatic heterocycles. The standard InChI is InChI=1S/C29H19F3N4O3S/c30-29(31,32)39-19-14-12-18(13-15-19)36-27(38)26-25(21-9-3-4-10-23(21)34-26)35-28(36)40-16-24(37)33-22-11-5-7-17-6-1-2-8-20(17)22/h1-15,34H,16H2,(H,33,37).